The minimum absolute atomic E-state index is 0.0207. The lowest BCUT2D eigenvalue weighted by Crippen LogP contribution is -2.32. The summed E-state index contributed by atoms with van der Waals surface area (Å²) in [5, 5.41) is 3.05. The molecule has 1 fully saturated rings. The number of carbonyl (C=O) groups is 2. The lowest BCUT2D eigenvalue weighted by Gasteiger charge is -2.24. The van der Waals surface area contributed by atoms with Crippen LogP contribution in [0.25, 0.3) is 0 Å². The summed E-state index contributed by atoms with van der Waals surface area (Å²) in [7, 11) is 0. The topological polar surface area (TPSA) is 49.4 Å². The van der Waals surface area contributed by atoms with Gasteiger partial charge >= 0.3 is 0 Å². The average Bonchev–Trinajstić information content (AvgIpc) is 3.08. The van der Waals surface area contributed by atoms with Crippen LogP contribution < -0.4 is 5.32 Å². The molecule has 1 saturated heterocycles. The molecule has 2 aromatic rings. The first kappa shape index (κ1) is 20.5. The zero-order valence-electron chi connectivity index (χ0n) is 16.6. The van der Waals surface area contributed by atoms with E-state index in [1.807, 2.05) is 54.3 Å². The average molecular weight is 397 g/mol. The summed E-state index contributed by atoms with van der Waals surface area (Å²) >= 11 is 1.65. The van der Waals surface area contributed by atoms with Crippen LogP contribution in [0.1, 0.15) is 53.5 Å². The zero-order valence-corrected chi connectivity index (χ0v) is 17.4. The van der Waals surface area contributed by atoms with Gasteiger partial charge in [0, 0.05) is 18.2 Å². The molecule has 1 heterocycles. The second kappa shape index (κ2) is 9.78. The van der Waals surface area contributed by atoms with Gasteiger partial charge in [-0.2, -0.15) is 0 Å². The van der Waals surface area contributed by atoms with Gasteiger partial charge in [-0.1, -0.05) is 55.8 Å². The molecule has 0 bridgehead atoms. The molecule has 0 saturated carbocycles. The van der Waals surface area contributed by atoms with Gasteiger partial charge in [0.15, 0.2) is 0 Å². The van der Waals surface area contributed by atoms with Gasteiger partial charge in [-0.05, 0) is 43.0 Å². The van der Waals surface area contributed by atoms with Crippen molar-refractivity contribution in [3.63, 3.8) is 0 Å². The van der Waals surface area contributed by atoms with Crippen LogP contribution >= 0.6 is 11.8 Å². The Bertz CT molecular complexity index is 792. The minimum Gasteiger partial charge on any atom is -0.350 e. The van der Waals surface area contributed by atoms with Crippen molar-refractivity contribution in [2.24, 2.45) is 0 Å². The lowest BCUT2D eigenvalue weighted by atomic mass is 10.1. The molecule has 0 aliphatic carbocycles. The van der Waals surface area contributed by atoms with Crippen LogP contribution in [0.4, 0.5) is 0 Å². The molecule has 1 aliphatic heterocycles. The largest absolute Gasteiger partial charge is 0.350 e. The van der Waals surface area contributed by atoms with Gasteiger partial charge in [-0.25, -0.2) is 0 Å². The van der Waals surface area contributed by atoms with Gasteiger partial charge in [0.25, 0.3) is 5.91 Å². The predicted octanol–water partition coefficient (Wildman–Crippen LogP) is 4.42. The number of benzene rings is 2. The second-order valence-corrected chi connectivity index (χ2v) is 8.34. The summed E-state index contributed by atoms with van der Waals surface area (Å²) in [4.78, 5) is 26.7. The van der Waals surface area contributed by atoms with E-state index in [0.29, 0.717) is 17.9 Å². The molecular weight excluding hydrogens is 368 g/mol. The van der Waals surface area contributed by atoms with Crippen LogP contribution in [0.3, 0.4) is 0 Å². The number of amides is 2. The fourth-order valence-electron chi connectivity index (χ4n) is 3.48. The van der Waals surface area contributed by atoms with E-state index >= 15 is 0 Å². The fourth-order valence-corrected chi connectivity index (χ4v) is 4.70. The number of thioether (sulfide) groups is 1. The summed E-state index contributed by atoms with van der Waals surface area (Å²) in [6.45, 7) is 4.85. The third kappa shape index (κ3) is 5.16. The Balaban J connectivity index is 1.64. The van der Waals surface area contributed by atoms with Crippen molar-refractivity contribution in [2.75, 3.05) is 12.3 Å². The molecule has 4 nitrogen and oxygen atoms in total. The molecule has 2 amide bonds. The van der Waals surface area contributed by atoms with Crippen molar-refractivity contribution in [1.82, 2.24) is 10.2 Å². The van der Waals surface area contributed by atoms with E-state index in [9.17, 15) is 9.59 Å². The number of nitrogens with zero attached hydrogens (tertiary/aromatic N) is 1. The van der Waals surface area contributed by atoms with Gasteiger partial charge in [0.1, 0.15) is 5.37 Å². The van der Waals surface area contributed by atoms with Crippen LogP contribution in [-0.2, 0) is 11.2 Å². The predicted molar refractivity (Wildman–Crippen MR) is 115 cm³/mol. The highest BCUT2D eigenvalue weighted by Gasteiger charge is 2.32. The Morgan fingerprint density at radius 1 is 1.18 bits per heavy atom. The Kier molecular flexibility index (Phi) is 7.15. The summed E-state index contributed by atoms with van der Waals surface area (Å²) in [6.07, 6.45) is 2.87. The molecule has 1 aliphatic rings. The molecule has 28 heavy (non-hydrogen) atoms. The molecule has 148 valence electrons. The van der Waals surface area contributed by atoms with Gasteiger partial charge < -0.3 is 10.2 Å². The summed E-state index contributed by atoms with van der Waals surface area (Å²) in [5.41, 5.74) is 2.97. The van der Waals surface area contributed by atoms with E-state index in [1.54, 1.807) is 11.8 Å². The number of rotatable bonds is 8. The number of carbonyl (C=O) groups excluding carboxylic acids is 2. The Hall–Kier alpha value is -2.27. The normalized spacial score (nSPS) is 17.6. The Morgan fingerprint density at radius 2 is 1.89 bits per heavy atom. The first-order chi connectivity index (χ1) is 13.6. The lowest BCUT2D eigenvalue weighted by molar-refractivity contribution is -0.128. The van der Waals surface area contributed by atoms with E-state index in [1.165, 1.54) is 5.56 Å². The molecule has 0 spiro atoms. The molecule has 5 heteroatoms. The quantitative estimate of drug-likeness (QED) is 0.718. The molecule has 0 unspecified atom stereocenters. The summed E-state index contributed by atoms with van der Waals surface area (Å²) in [5.74, 6) is 0.653. The maximum atomic E-state index is 12.4. The van der Waals surface area contributed by atoms with Crippen molar-refractivity contribution in [3.8, 4) is 0 Å². The van der Waals surface area contributed by atoms with Gasteiger partial charge in [0.05, 0.1) is 5.75 Å². The van der Waals surface area contributed by atoms with Crippen LogP contribution in [-0.4, -0.2) is 35.1 Å². The van der Waals surface area contributed by atoms with Crippen LogP contribution in [0.2, 0.25) is 0 Å². The monoisotopic (exact) mass is 396 g/mol. The van der Waals surface area contributed by atoms with Gasteiger partial charge in [-0.3, -0.25) is 9.59 Å². The highest BCUT2D eigenvalue weighted by atomic mass is 32.2. The third-order valence-electron chi connectivity index (χ3n) is 5.01. The molecule has 0 aromatic heterocycles. The van der Waals surface area contributed by atoms with Crippen molar-refractivity contribution in [1.29, 1.82) is 0 Å². The molecule has 0 radical (unpaired) electrons. The third-order valence-corrected chi connectivity index (χ3v) is 6.27. The van der Waals surface area contributed by atoms with E-state index < -0.39 is 0 Å². The number of hydrogen-bond acceptors (Lipinski definition) is 3. The zero-order chi connectivity index (χ0) is 19.9. The maximum Gasteiger partial charge on any atom is 0.251 e. The number of hydrogen-bond donors (Lipinski definition) is 1. The molecular formula is C23H28N2O2S. The highest BCUT2D eigenvalue weighted by Crippen LogP contribution is 2.38. The first-order valence-corrected chi connectivity index (χ1v) is 11.0. The van der Waals surface area contributed by atoms with Crippen LogP contribution in [0, 0.1) is 0 Å². The van der Waals surface area contributed by atoms with Gasteiger partial charge in [-0.15, -0.1) is 11.8 Å². The summed E-state index contributed by atoms with van der Waals surface area (Å²) in [6, 6.07) is 18.1. The SMILES string of the molecule is CCC[C@@H](C)NC(=O)c1ccc([C@H]2SCC(=O)N2CCc2ccccc2)cc1. The second-order valence-electron chi connectivity index (χ2n) is 7.27. The van der Waals surface area contributed by atoms with E-state index in [-0.39, 0.29) is 23.2 Å². The standard InChI is InChI=1S/C23H28N2O2S/c1-3-7-17(2)24-22(27)19-10-12-20(13-11-19)23-25(21(26)16-28-23)15-14-18-8-5-4-6-9-18/h4-6,8-13,17,23H,3,7,14-16H2,1-2H3,(H,24,27)/t17-,23-/m1/s1. The van der Waals surface area contributed by atoms with E-state index in [0.717, 1.165) is 24.8 Å². The smallest absolute Gasteiger partial charge is 0.251 e. The Labute approximate surface area is 171 Å². The number of nitrogens with one attached hydrogen (secondary N) is 1. The molecule has 1 N–H and O–H groups in total. The van der Waals surface area contributed by atoms with E-state index in [4.69, 9.17) is 0 Å². The van der Waals surface area contributed by atoms with Gasteiger partial charge in [0.2, 0.25) is 5.91 Å². The van der Waals surface area contributed by atoms with Crippen LogP contribution in [0.5, 0.6) is 0 Å². The first-order valence-electron chi connectivity index (χ1n) is 9.94. The maximum absolute atomic E-state index is 12.4. The van der Waals surface area contributed by atoms with Crippen molar-refractivity contribution in [2.45, 2.75) is 44.5 Å². The van der Waals surface area contributed by atoms with Crippen LogP contribution in [0.15, 0.2) is 54.6 Å². The summed E-state index contributed by atoms with van der Waals surface area (Å²) < 4.78 is 0. The fraction of sp³-hybridized carbons (Fsp3) is 0.391. The minimum atomic E-state index is -0.0383. The molecule has 3 rings (SSSR count). The molecule has 2 aromatic carbocycles. The van der Waals surface area contributed by atoms with Crippen molar-refractivity contribution >= 4 is 23.6 Å². The highest BCUT2D eigenvalue weighted by molar-refractivity contribution is 8.00. The van der Waals surface area contributed by atoms with E-state index in [2.05, 4.69) is 24.4 Å². The molecule has 2 atom stereocenters. The van der Waals surface area contributed by atoms with Crippen molar-refractivity contribution in [3.05, 3.63) is 71.3 Å². The Morgan fingerprint density at radius 3 is 2.57 bits per heavy atom. The van der Waals surface area contributed by atoms with Crippen molar-refractivity contribution < 1.29 is 9.59 Å².